The van der Waals surface area contributed by atoms with Gasteiger partial charge in [-0.3, -0.25) is 4.79 Å². The van der Waals surface area contributed by atoms with Gasteiger partial charge in [-0.1, -0.05) is 19.8 Å². The van der Waals surface area contributed by atoms with Gasteiger partial charge in [-0.05, 0) is 6.42 Å². The normalized spacial score (nSPS) is 12.9. The lowest BCUT2D eigenvalue weighted by molar-refractivity contribution is -0.119. The van der Waals surface area contributed by atoms with Crippen LogP contribution in [-0.4, -0.2) is 17.0 Å². The number of hydrogen-bond acceptors (Lipinski definition) is 1. The van der Waals surface area contributed by atoms with E-state index in [1.807, 2.05) is 0 Å². The molecule has 0 aromatic rings. The Kier molecular flexibility index (Phi) is 8.04. The SMILES string of the molecule is CCCCCC(=O)CC(Cl)CCl. The molecule has 0 amide bonds. The van der Waals surface area contributed by atoms with Crippen LogP contribution in [0.25, 0.3) is 0 Å². The molecule has 12 heavy (non-hydrogen) atoms. The van der Waals surface area contributed by atoms with Gasteiger partial charge in [0.25, 0.3) is 0 Å². The summed E-state index contributed by atoms with van der Waals surface area (Å²) in [7, 11) is 0. The van der Waals surface area contributed by atoms with Crippen LogP contribution in [-0.2, 0) is 4.79 Å². The second kappa shape index (κ2) is 7.88. The lowest BCUT2D eigenvalue weighted by atomic mass is 10.1. The first-order chi connectivity index (χ1) is 5.70. The third-order valence-electron chi connectivity index (χ3n) is 1.68. The third kappa shape index (κ3) is 6.93. The molecular weight excluding hydrogens is 195 g/mol. The zero-order valence-corrected chi connectivity index (χ0v) is 9.00. The van der Waals surface area contributed by atoms with Crippen molar-refractivity contribution in [1.82, 2.24) is 0 Å². The van der Waals surface area contributed by atoms with E-state index in [0.29, 0.717) is 18.7 Å². The predicted octanol–water partition coefficient (Wildman–Crippen LogP) is 3.37. The second-order valence-corrected chi connectivity index (χ2v) is 3.88. The molecule has 0 N–H and O–H groups in total. The van der Waals surface area contributed by atoms with Crippen LogP contribution >= 0.6 is 23.2 Å². The highest BCUT2D eigenvalue weighted by atomic mass is 35.5. The van der Waals surface area contributed by atoms with Gasteiger partial charge in [-0.2, -0.15) is 0 Å². The number of carbonyl (C=O) groups is 1. The van der Waals surface area contributed by atoms with Crippen molar-refractivity contribution < 1.29 is 4.79 Å². The van der Waals surface area contributed by atoms with Crippen LogP contribution in [0, 0.1) is 0 Å². The fourth-order valence-corrected chi connectivity index (χ4v) is 1.26. The monoisotopic (exact) mass is 210 g/mol. The molecule has 0 aliphatic carbocycles. The van der Waals surface area contributed by atoms with Crippen LogP contribution in [0.3, 0.4) is 0 Å². The van der Waals surface area contributed by atoms with Gasteiger partial charge >= 0.3 is 0 Å². The van der Waals surface area contributed by atoms with Crippen molar-refractivity contribution in [1.29, 1.82) is 0 Å². The Morgan fingerprint density at radius 1 is 1.42 bits per heavy atom. The van der Waals surface area contributed by atoms with Crippen LogP contribution in [0.2, 0.25) is 0 Å². The first-order valence-corrected chi connectivity index (χ1v) is 5.39. The van der Waals surface area contributed by atoms with Crippen molar-refractivity contribution >= 4 is 29.0 Å². The van der Waals surface area contributed by atoms with E-state index in [2.05, 4.69) is 6.92 Å². The van der Waals surface area contributed by atoms with Crippen molar-refractivity contribution in [3.8, 4) is 0 Å². The number of hydrogen-bond donors (Lipinski definition) is 0. The maximum Gasteiger partial charge on any atom is 0.134 e. The number of Topliss-reactive ketones (excluding diaryl/α,β-unsaturated/α-hetero) is 1. The van der Waals surface area contributed by atoms with Gasteiger partial charge in [-0.25, -0.2) is 0 Å². The molecular formula is C9H16Cl2O. The Labute approximate surface area is 84.4 Å². The minimum absolute atomic E-state index is 0.180. The largest absolute Gasteiger partial charge is 0.300 e. The van der Waals surface area contributed by atoms with Gasteiger partial charge in [0, 0.05) is 18.7 Å². The van der Waals surface area contributed by atoms with Gasteiger partial charge < -0.3 is 0 Å². The molecule has 0 aliphatic rings. The van der Waals surface area contributed by atoms with E-state index in [1.54, 1.807) is 0 Å². The Morgan fingerprint density at radius 2 is 2.08 bits per heavy atom. The maximum atomic E-state index is 11.1. The molecule has 0 spiro atoms. The number of unbranched alkanes of at least 4 members (excludes halogenated alkanes) is 2. The molecule has 0 aliphatic heterocycles. The first kappa shape index (κ1) is 12.2. The summed E-state index contributed by atoms with van der Waals surface area (Å²) in [6.07, 6.45) is 4.34. The standard InChI is InChI=1S/C9H16Cl2O/c1-2-3-4-5-9(12)6-8(11)7-10/h8H,2-7H2,1H3. The minimum atomic E-state index is -0.180. The molecule has 0 rings (SSSR count). The quantitative estimate of drug-likeness (QED) is 0.466. The fourth-order valence-electron chi connectivity index (χ4n) is 0.976. The summed E-state index contributed by atoms with van der Waals surface area (Å²) in [5, 5.41) is -0.180. The van der Waals surface area contributed by atoms with Gasteiger partial charge in [0.15, 0.2) is 0 Å². The number of ketones is 1. The maximum absolute atomic E-state index is 11.1. The first-order valence-electron chi connectivity index (χ1n) is 4.42. The van der Waals surface area contributed by atoms with E-state index in [-0.39, 0.29) is 11.2 Å². The molecule has 0 fully saturated rings. The van der Waals surface area contributed by atoms with Gasteiger partial charge in [0.1, 0.15) is 5.78 Å². The Hall–Kier alpha value is 0.250. The number of halogens is 2. The van der Waals surface area contributed by atoms with E-state index in [9.17, 15) is 4.79 Å². The average molecular weight is 211 g/mol. The third-order valence-corrected chi connectivity index (χ3v) is 2.51. The van der Waals surface area contributed by atoms with E-state index in [4.69, 9.17) is 23.2 Å². The van der Waals surface area contributed by atoms with Crippen molar-refractivity contribution in [2.24, 2.45) is 0 Å². The van der Waals surface area contributed by atoms with Crippen molar-refractivity contribution in [2.75, 3.05) is 5.88 Å². The molecule has 1 nitrogen and oxygen atoms in total. The molecule has 1 unspecified atom stereocenters. The summed E-state index contributed by atoms with van der Waals surface area (Å²) in [5.74, 6) is 0.602. The fraction of sp³-hybridized carbons (Fsp3) is 0.889. The van der Waals surface area contributed by atoms with Crippen molar-refractivity contribution in [3.05, 3.63) is 0 Å². The van der Waals surface area contributed by atoms with Crippen LogP contribution in [0.5, 0.6) is 0 Å². The van der Waals surface area contributed by atoms with E-state index in [0.717, 1.165) is 19.3 Å². The molecule has 1 atom stereocenters. The molecule has 0 heterocycles. The molecule has 0 radical (unpaired) electrons. The van der Waals surface area contributed by atoms with Crippen LogP contribution in [0.4, 0.5) is 0 Å². The highest BCUT2D eigenvalue weighted by Crippen LogP contribution is 2.09. The Balaban J connectivity index is 3.33. The van der Waals surface area contributed by atoms with Crippen LogP contribution < -0.4 is 0 Å². The average Bonchev–Trinajstić information content (AvgIpc) is 2.05. The summed E-state index contributed by atoms with van der Waals surface area (Å²) < 4.78 is 0. The number of alkyl halides is 2. The number of carbonyl (C=O) groups excluding carboxylic acids is 1. The van der Waals surface area contributed by atoms with Crippen molar-refractivity contribution in [3.63, 3.8) is 0 Å². The van der Waals surface area contributed by atoms with Crippen LogP contribution in [0.1, 0.15) is 39.0 Å². The molecule has 0 bridgehead atoms. The summed E-state index contributed by atoms with van der Waals surface area (Å²) in [6, 6.07) is 0. The van der Waals surface area contributed by atoms with Crippen LogP contribution in [0.15, 0.2) is 0 Å². The van der Waals surface area contributed by atoms with Gasteiger partial charge in [-0.15, -0.1) is 23.2 Å². The topological polar surface area (TPSA) is 17.1 Å². The molecule has 72 valence electrons. The summed E-state index contributed by atoms with van der Waals surface area (Å²) in [6.45, 7) is 2.12. The lowest BCUT2D eigenvalue weighted by Gasteiger charge is -2.03. The Morgan fingerprint density at radius 3 is 2.58 bits per heavy atom. The number of rotatable bonds is 7. The molecule has 0 aromatic carbocycles. The van der Waals surface area contributed by atoms with E-state index < -0.39 is 0 Å². The van der Waals surface area contributed by atoms with Gasteiger partial charge in [0.05, 0.1) is 5.38 Å². The Bertz CT molecular complexity index is 126. The zero-order chi connectivity index (χ0) is 9.40. The summed E-state index contributed by atoms with van der Waals surface area (Å²) in [4.78, 5) is 11.1. The minimum Gasteiger partial charge on any atom is -0.300 e. The molecule has 0 saturated carbocycles. The van der Waals surface area contributed by atoms with E-state index >= 15 is 0 Å². The molecule has 0 saturated heterocycles. The van der Waals surface area contributed by atoms with Crippen molar-refractivity contribution in [2.45, 2.75) is 44.4 Å². The van der Waals surface area contributed by atoms with E-state index in [1.165, 1.54) is 0 Å². The summed E-state index contributed by atoms with van der Waals surface area (Å²) >= 11 is 11.2. The lowest BCUT2D eigenvalue weighted by Crippen LogP contribution is -2.09. The second-order valence-electron chi connectivity index (χ2n) is 2.95. The highest BCUT2D eigenvalue weighted by molar-refractivity contribution is 6.28. The summed E-state index contributed by atoms with van der Waals surface area (Å²) in [5.41, 5.74) is 0. The highest BCUT2D eigenvalue weighted by Gasteiger charge is 2.08. The molecule has 0 aromatic heterocycles. The predicted molar refractivity (Wildman–Crippen MR) is 54.1 cm³/mol. The smallest absolute Gasteiger partial charge is 0.134 e. The van der Waals surface area contributed by atoms with Gasteiger partial charge in [0.2, 0.25) is 0 Å². The zero-order valence-electron chi connectivity index (χ0n) is 7.48. The molecule has 3 heteroatoms.